The molecular formula is C11H14FN3O2. The van der Waals surface area contributed by atoms with Gasteiger partial charge >= 0.3 is 5.69 Å². The summed E-state index contributed by atoms with van der Waals surface area (Å²) in [6, 6.07) is 4.67. The van der Waals surface area contributed by atoms with Crippen LogP contribution in [0, 0.1) is 15.9 Å². The van der Waals surface area contributed by atoms with Crippen LogP contribution in [0.1, 0.15) is 5.56 Å². The minimum atomic E-state index is -0.725. The van der Waals surface area contributed by atoms with Crippen molar-refractivity contribution in [3.63, 3.8) is 0 Å². The predicted octanol–water partition coefficient (Wildman–Crippen LogP) is 1.14. The Morgan fingerprint density at radius 2 is 2.29 bits per heavy atom. The third-order valence-electron chi connectivity index (χ3n) is 3.06. The van der Waals surface area contributed by atoms with E-state index in [-0.39, 0.29) is 0 Å². The van der Waals surface area contributed by atoms with Gasteiger partial charge in [-0.05, 0) is 7.05 Å². The van der Waals surface area contributed by atoms with Gasteiger partial charge in [0.05, 0.1) is 4.92 Å². The summed E-state index contributed by atoms with van der Waals surface area (Å²) >= 11 is 0. The molecule has 0 saturated carbocycles. The second-order valence-corrected chi connectivity index (χ2v) is 4.23. The average Bonchev–Trinajstić information content (AvgIpc) is 2.18. The highest BCUT2D eigenvalue weighted by Gasteiger charge is 2.24. The van der Waals surface area contributed by atoms with Crippen molar-refractivity contribution in [2.75, 3.05) is 20.1 Å². The number of hydrogen-bond donors (Lipinski definition) is 1. The third-order valence-corrected chi connectivity index (χ3v) is 3.06. The van der Waals surface area contributed by atoms with E-state index in [1.54, 1.807) is 6.07 Å². The molecule has 0 unspecified atom stereocenters. The summed E-state index contributed by atoms with van der Waals surface area (Å²) in [6.07, 6.45) is 0. The summed E-state index contributed by atoms with van der Waals surface area (Å²) in [5.74, 6) is -0.725. The van der Waals surface area contributed by atoms with Gasteiger partial charge < -0.3 is 5.32 Å². The number of halogens is 1. The van der Waals surface area contributed by atoms with E-state index in [9.17, 15) is 14.5 Å². The lowest BCUT2D eigenvalue weighted by molar-refractivity contribution is -0.387. The molecule has 92 valence electrons. The van der Waals surface area contributed by atoms with Crippen LogP contribution in [0.25, 0.3) is 0 Å². The molecule has 0 amide bonds. The smallest absolute Gasteiger partial charge is 0.305 e. The van der Waals surface area contributed by atoms with Crippen LogP contribution in [-0.4, -0.2) is 36.0 Å². The molecule has 0 radical (unpaired) electrons. The van der Waals surface area contributed by atoms with Crippen LogP contribution < -0.4 is 5.32 Å². The summed E-state index contributed by atoms with van der Waals surface area (Å²) in [5, 5.41) is 13.7. The predicted molar refractivity (Wildman–Crippen MR) is 61.2 cm³/mol. The Hall–Kier alpha value is -1.53. The molecule has 1 saturated heterocycles. The van der Waals surface area contributed by atoms with Crippen molar-refractivity contribution in [3.05, 3.63) is 39.7 Å². The van der Waals surface area contributed by atoms with Gasteiger partial charge in [0.25, 0.3) is 0 Å². The van der Waals surface area contributed by atoms with E-state index in [2.05, 4.69) is 5.32 Å². The van der Waals surface area contributed by atoms with Crippen LogP contribution in [0.15, 0.2) is 18.2 Å². The number of nitrogens with zero attached hydrogens (tertiary/aromatic N) is 2. The molecule has 1 aromatic carbocycles. The van der Waals surface area contributed by atoms with Gasteiger partial charge in [-0.2, -0.15) is 4.39 Å². The van der Waals surface area contributed by atoms with Gasteiger partial charge in [-0.3, -0.25) is 15.0 Å². The maximum absolute atomic E-state index is 13.8. The van der Waals surface area contributed by atoms with E-state index >= 15 is 0 Å². The fourth-order valence-electron chi connectivity index (χ4n) is 1.81. The SMILES string of the molecule is CN(Cc1cccc([N+](=O)[O-])c1F)C1CNC1. The summed E-state index contributed by atoms with van der Waals surface area (Å²) in [7, 11) is 1.89. The van der Waals surface area contributed by atoms with E-state index < -0.39 is 16.4 Å². The Morgan fingerprint density at radius 3 is 2.82 bits per heavy atom. The molecular weight excluding hydrogens is 225 g/mol. The monoisotopic (exact) mass is 239 g/mol. The van der Waals surface area contributed by atoms with E-state index in [1.165, 1.54) is 12.1 Å². The van der Waals surface area contributed by atoms with Crippen LogP contribution in [-0.2, 0) is 6.54 Å². The van der Waals surface area contributed by atoms with Crippen molar-refractivity contribution in [2.24, 2.45) is 0 Å². The van der Waals surface area contributed by atoms with Crippen LogP contribution in [0.2, 0.25) is 0 Å². The maximum Gasteiger partial charge on any atom is 0.305 e. The molecule has 0 bridgehead atoms. The van der Waals surface area contributed by atoms with Crippen molar-refractivity contribution in [1.29, 1.82) is 0 Å². The van der Waals surface area contributed by atoms with Crippen LogP contribution in [0.3, 0.4) is 0 Å². The molecule has 0 spiro atoms. The van der Waals surface area contributed by atoms with Gasteiger partial charge in [0, 0.05) is 37.3 Å². The number of hydrogen-bond acceptors (Lipinski definition) is 4. The lowest BCUT2D eigenvalue weighted by Crippen LogP contribution is -2.55. The largest absolute Gasteiger partial charge is 0.314 e. The first kappa shape index (κ1) is 11.9. The molecule has 5 nitrogen and oxygen atoms in total. The number of nitrogens with one attached hydrogen (secondary N) is 1. The first-order chi connectivity index (χ1) is 8.09. The first-order valence-electron chi connectivity index (χ1n) is 5.42. The molecule has 0 atom stereocenters. The lowest BCUT2D eigenvalue weighted by Gasteiger charge is -2.35. The zero-order valence-electron chi connectivity index (χ0n) is 9.52. The first-order valence-corrected chi connectivity index (χ1v) is 5.42. The van der Waals surface area contributed by atoms with Gasteiger partial charge in [-0.15, -0.1) is 0 Å². The Labute approximate surface area is 98.4 Å². The Morgan fingerprint density at radius 1 is 1.59 bits per heavy atom. The summed E-state index contributed by atoms with van der Waals surface area (Å²) in [4.78, 5) is 11.9. The van der Waals surface area contributed by atoms with Gasteiger partial charge in [-0.1, -0.05) is 12.1 Å². The Kier molecular flexibility index (Phi) is 3.35. The normalized spacial score (nSPS) is 15.9. The Balaban J connectivity index is 2.15. The van der Waals surface area contributed by atoms with Crippen molar-refractivity contribution >= 4 is 5.69 Å². The number of rotatable bonds is 4. The molecule has 1 fully saturated rings. The minimum absolute atomic E-state index is 0.369. The summed E-state index contributed by atoms with van der Waals surface area (Å²) in [6.45, 7) is 2.15. The van der Waals surface area contributed by atoms with Gasteiger partial charge in [0.2, 0.25) is 5.82 Å². The van der Waals surface area contributed by atoms with Gasteiger partial charge in [0.15, 0.2) is 0 Å². The number of benzene rings is 1. The fraction of sp³-hybridized carbons (Fsp3) is 0.455. The van der Waals surface area contributed by atoms with E-state index in [1.807, 2.05) is 11.9 Å². The van der Waals surface area contributed by atoms with E-state index in [0.717, 1.165) is 13.1 Å². The van der Waals surface area contributed by atoms with Crippen LogP contribution in [0.4, 0.5) is 10.1 Å². The molecule has 6 heteroatoms. The third kappa shape index (κ3) is 2.42. The van der Waals surface area contributed by atoms with Crippen molar-refractivity contribution in [2.45, 2.75) is 12.6 Å². The lowest BCUT2D eigenvalue weighted by atomic mass is 10.1. The standard InChI is InChI=1S/C11H14FN3O2/c1-14(9-5-13-6-9)7-8-3-2-4-10(11(8)12)15(16)17/h2-4,9,13H,5-7H2,1H3. The molecule has 1 aliphatic heterocycles. The zero-order chi connectivity index (χ0) is 12.4. The second kappa shape index (κ2) is 4.77. The highest BCUT2D eigenvalue weighted by atomic mass is 19.1. The molecule has 1 aromatic rings. The number of nitro groups is 1. The molecule has 1 heterocycles. The average molecular weight is 239 g/mol. The van der Waals surface area contributed by atoms with Crippen LogP contribution in [0.5, 0.6) is 0 Å². The van der Waals surface area contributed by atoms with Crippen LogP contribution >= 0.6 is 0 Å². The second-order valence-electron chi connectivity index (χ2n) is 4.23. The molecule has 1 aliphatic rings. The fourth-order valence-corrected chi connectivity index (χ4v) is 1.81. The quantitative estimate of drug-likeness (QED) is 0.632. The van der Waals surface area contributed by atoms with Gasteiger partial charge in [-0.25, -0.2) is 0 Å². The maximum atomic E-state index is 13.8. The zero-order valence-corrected chi connectivity index (χ0v) is 9.52. The molecule has 2 rings (SSSR count). The topological polar surface area (TPSA) is 58.4 Å². The number of nitro benzene ring substituents is 1. The van der Waals surface area contributed by atoms with E-state index in [0.29, 0.717) is 18.2 Å². The molecule has 0 aliphatic carbocycles. The molecule has 0 aromatic heterocycles. The number of likely N-dealkylation sites (N-methyl/N-ethyl adjacent to an activating group) is 1. The Bertz CT molecular complexity index is 435. The molecule has 17 heavy (non-hydrogen) atoms. The summed E-state index contributed by atoms with van der Waals surface area (Å²) < 4.78 is 13.8. The summed E-state index contributed by atoms with van der Waals surface area (Å²) in [5.41, 5.74) is -0.0868. The highest BCUT2D eigenvalue weighted by Crippen LogP contribution is 2.21. The minimum Gasteiger partial charge on any atom is -0.314 e. The molecule has 1 N–H and O–H groups in total. The van der Waals surface area contributed by atoms with Crippen molar-refractivity contribution in [1.82, 2.24) is 10.2 Å². The van der Waals surface area contributed by atoms with Crippen molar-refractivity contribution in [3.8, 4) is 0 Å². The van der Waals surface area contributed by atoms with Crippen molar-refractivity contribution < 1.29 is 9.31 Å². The van der Waals surface area contributed by atoms with E-state index in [4.69, 9.17) is 0 Å². The highest BCUT2D eigenvalue weighted by molar-refractivity contribution is 5.36. The van der Waals surface area contributed by atoms with Gasteiger partial charge in [0.1, 0.15) is 0 Å².